The van der Waals surface area contributed by atoms with Gasteiger partial charge in [-0.2, -0.15) is 0 Å². The number of β-amino-alcohol motifs (C(OH)–C–C–N with tert-alkyl or cyclic N) is 1. The van der Waals surface area contributed by atoms with Gasteiger partial charge in [-0.15, -0.1) is 0 Å². The molecule has 1 fully saturated rings. The van der Waals surface area contributed by atoms with Gasteiger partial charge in [0, 0.05) is 19.2 Å². The number of benzene rings is 1. The average molecular weight is 239 g/mol. The number of piperidine rings is 1. The quantitative estimate of drug-likeness (QED) is 0.772. The Kier molecular flexibility index (Phi) is 3.28. The van der Waals surface area contributed by atoms with Gasteiger partial charge in [0.05, 0.1) is 11.7 Å². The number of hydrogen-bond acceptors (Lipinski definition) is 3. The first-order chi connectivity index (χ1) is 8.08. The molecule has 1 atom stereocenters. The van der Waals surface area contributed by atoms with E-state index in [0.717, 1.165) is 6.07 Å². The fourth-order valence-corrected chi connectivity index (χ4v) is 1.99. The van der Waals surface area contributed by atoms with Crippen molar-refractivity contribution in [3.8, 4) is 5.75 Å². The number of carbonyl (C=O) groups excluding carboxylic acids is 1. The van der Waals surface area contributed by atoms with Crippen molar-refractivity contribution in [2.45, 2.75) is 18.9 Å². The lowest BCUT2D eigenvalue weighted by molar-refractivity contribution is 0.0470. The molecule has 1 heterocycles. The van der Waals surface area contributed by atoms with Crippen LogP contribution in [0, 0.1) is 5.82 Å². The Morgan fingerprint density at radius 1 is 1.47 bits per heavy atom. The van der Waals surface area contributed by atoms with Gasteiger partial charge in [-0.05, 0) is 25.0 Å². The Labute approximate surface area is 98.3 Å². The van der Waals surface area contributed by atoms with E-state index in [2.05, 4.69) is 0 Å². The number of aromatic hydroxyl groups is 1. The van der Waals surface area contributed by atoms with Crippen molar-refractivity contribution in [2.75, 3.05) is 13.1 Å². The number of halogens is 1. The monoisotopic (exact) mass is 239 g/mol. The summed E-state index contributed by atoms with van der Waals surface area (Å²) in [6.45, 7) is 0.759. The highest BCUT2D eigenvalue weighted by atomic mass is 19.1. The van der Waals surface area contributed by atoms with Crippen molar-refractivity contribution in [1.29, 1.82) is 0 Å². The van der Waals surface area contributed by atoms with E-state index >= 15 is 0 Å². The molecule has 5 heteroatoms. The van der Waals surface area contributed by atoms with Crippen molar-refractivity contribution in [3.05, 3.63) is 29.6 Å². The predicted molar refractivity (Wildman–Crippen MR) is 59.2 cm³/mol. The number of likely N-dealkylation sites (tertiary alicyclic amines) is 1. The smallest absolute Gasteiger partial charge is 0.256 e. The lowest BCUT2D eigenvalue weighted by Gasteiger charge is -2.30. The van der Waals surface area contributed by atoms with Crippen LogP contribution in [0.5, 0.6) is 5.75 Å². The van der Waals surface area contributed by atoms with Crippen LogP contribution in [0.25, 0.3) is 0 Å². The van der Waals surface area contributed by atoms with E-state index in [1.54, 1.807) is 0 Å². The summed E-state index contributed by atoms with van der Waals surface area (Å²) in [5.41, 5.74) is -0.0723. The standard InChI is InChI=1S/C12H14FNO3/c13-11-6-8(15)3-4-10(11)12(17)14-5-1-2-9(16)7-14/h3-4,6,9,15-16H,1-2,5,7H2. The first-order valence-electron chi connectivity index (χ1n) is 5.54. The van der Waals surface area contributed by atoms with Crippen LogP contribution in [0.4, 0.5) is 4.39 Å². The van der Waals surface area contributed by atoms with Crippen LogP contribution in [0.15, 0.2) is 18.2 Å². The molecule has 0 radical (unpaired) electrons. The maximum Gasteiger partial charge on any atom is 0.256 e. The Balaban J connectivity index is 2.18. The summed E-state index contributed by atoms with van der Waals surface area (Å²) in [7, 11) is 0. The Morgan fingerprint density at radius 3 is 2.88 bits per heavy atom. The zero-order valence-corrected chi connectivity index (χ0v) is 9.27. The molecular formula is C12H14FNO3. The molecule has 1 aromatic carbocycles. The first-order valence-corrected chi connectivity index (χ1v) is 5.54. The summed E-state index contributed by atoms with van der Waals surface area (Å²) in [5, 5.41) is 18.5. The summed E-state index contributed by atoms with van der Waals surface area (Å²) >= 11 is 0. The van der Waals surface area contributed by atoms with Crippen LogP contribution in [-0.4, -0.2) is 40.2 Å². The number of rotatable bonds is 1. The zero-order valence-electron chi connectivity index (χ0n) is 9.27. The normalized spacial score (nSPS) is 20.4. The lowest BCUT2D eigenvalue weighted by Crippen LogP contribution is -2.42. The Hall–Kier alpha value is -1.62. The Bertz CT molecular complexity index is 436. The summed E-state index contributed by atoms with van der Waals surface area (Å²) < 4.78 is 13.5. The summed E-state index contributed by atoms with van der Waals surface area (Å²) in [4.78, 5) is 13.4. The maximum atomic E-state index is 13.5. The van der Waals surface area contributed by atoms with Crippen molar-refractivity contribution in [3.63, 3.8) is 0 Å². The van der Waals surface area contributed by atoms with E-state index < -0.39 is 17.8 Å². The van der Waals surface area contributed by atoms with E-state index in [9.17, 15) is 14.3 Å². The summed E-state index contributed by atoms with van der Waals surface area (Å²) in [6.07, 6.45) is 0.849. The number of aliphatic hydroxyl groups is 1. The van der Waals surface area contributed by atoms with E-state index in [1.165, 1.54) is 17.0 Å². The van der Waals surface area contributed by atoms with Gasteiger partial charge < -0.3 is 15.1 Å². The third-order valence-corrected chi connectivity index (χ3v) is 2.87. The topological polar surface area (TPSA) is 60.8 Å². The lowest BCUT2D eigenvalue weighted by atomic mass is 10.1. The van der Waals surface area contributed by atoms with Crippen LogP contribution in [0.3, 0.4) is 0 Å². The minimum Gasteiger partial charge on any atom is -0.508 e. The molecule has 2 N–H and O–H groups in total. The van der Waals surface area contributed by atoms with Gasteiger partial charge in [0.2, 0.25) is 0 Å². The highest BCUT2D eigenvalue weighted by Gasteiger charge is 2.24. The molecule has 0 aliphatic carbocycles. The van der Waals surface area contributed by atoms with E-state index in [0.29, 0.717) is 19.4 Å². The molecule has 1 aliphatic rings. The van der Waals surface area contributed by atoms with E-state index in [4.69, 9.17) is 5.11 Å². The van der Waals surface area contributed by atoms with Crippen molar-refractivity contribution < 1.29 is 19.4 Å². The van der Waals surface area contributed by atoms with Gasteiger partial charge in [-0.1, -0.05) is 0 Å². The number of nitrogens with zero attached hydrogens (tertiary/aromatic N) is 1. The average Bonchev–Trinajstić information content (AvgIpc) is 2.28. The van der Waals surface area contributed by atoms with Crippen LogP contribution in [-0.2, 0) is 0 Å². The fraction of sp³-hybridized carbons (Fsp3) is 0.417. The van der Waals surface area contributed by atoms with Gasteiger partial charge in [0.1, 0.15) is 11.6 Å². The third-order valence-electron chi connectivity index (χ3n) is 2.87. The molecule has 2 rings (SSSR count). The number of aliphatic hydroxyl groups excluding tert-OH is 1. The Morgan fingerprint density at radius 2 is 2.24 bits per heavy atom. The number of amides is 1. The number of hydrogen-bond donors (Lipinski definition) is 2. The molecule has 0 aromatic heterocycles. The second-order valence-corrected chi connectivity index (χ2v) is 4.21. The molecule has 1 aromatic rings. The molecule has 1 saturated heterocycles. The van der Waals surface area contributed by atoms with E-state index in [-0.39, 0.29) is 17.9 Å². The minimum absolute atomic E-state index is 0.0723. The van der Waals surface area contributed by atoms with Gasteiger partial charge in [0.15, 0.2) is 0 Å². The summed E-state index contributed by atoms with van der Waals surface area (Å²) in [6, 6.07) is 3.44. The van der Waals surface area contributed by atoms with Gasteiger partial charge >= 0.3 is 0 Å². The largest absolute Gasteiger partial charge is 0.508 e. The van der Waals surface area contributed by atoms with Gasteiger partial charge in [0.25, 0.3) is 5.91 Å². The van der Waals surface area contributed by atoms with Crippen LogP contribution in [0.2, 0.25) is 0 Å². The molecule has 1 unspecified atom stereocenters. The highest BCUT2D eigenvalue weighted by Crippen LogP contribution is 2.19. The number of phenols is 1. The second-order valence-electron chi connectivity index (χ2n) is 4.21. The molecule has 0 spiro atoms. The van der Waals surface area contributed by atoms with Crippen LogP contribution in [0.1, 0.15) is 23.2 Å². The molecular weight excluding hydrogens is 225 g/mol. The van der Waals surface area contributed by atoms with Crippen molar-refractivity contribution >= 4 is 5.91 Å². The third kappa shape index (κ3) is 2.55. The number of carbonyl (C=O) groups is 1. The summed E-state index contributed by atoms with van der Waals surface area (Å²) in [5.74, 6) is -1.39. The predicted octanol–water partition coefficient (Wildman–Crippen LogP) is 1.13. The van der Waals surface area contributed by atoms with Crippen molar-refractivity contribution in [1.82, 2.24) is 4.90 Å². The SMILES string of the molecule is O=C(c1ccc(O)cc1F)N1CCCC(O)C1. The second kappa shape index (κ2) is 4.71. The van der Waals surface area contributed by atoms with Crippen LogP contribution >= 0.6 is 0 Å². The first kappa shape index (κ1) is 11.9. The fourth-order valence-electron chi connectivity index (χ4n) is 1.99. The molecule has 92 valence electrons. The van der Waals surface area contributed by atoms with Gasteiger partial charge in [-0.25, -0.2) is 4.39 Å². The molecule has 17 heavy (non-hydrogen) atoms. The zero-order chi connectivity index (χ0) is 12.4. The van der Waals surface area contributed by atoms with Crippen molar-refractivity contribution in [2.24, 2.45) is 0 Å². The molecule has 1 amide bonds. The maximum absolute atomic E-state index is 13.5. The minimum atomic E-state index is -0.741. The van der Waals surface area contributed by atoms with Crippen LogP contribution < -0.4 is 0 Å². The van der Waals surface area contributed by atoms with E-state index in [1.807, 2.05) is 0 Å². The number of phenolic OH excluding ortho intramolecular Hbond substituents is 1. The molecule has 1 aliphatic heterocycles. The molecule has 0 saturated carbocycles. The highest BCUT2D eigenvalue weighted by molar-refractivity contribution is 5.94. The van der Waals surface area contributed by atoms with Gasteiger partial charge in [-0.3, -0.25) is 4.79 Å². The molecule has 0 bridgehead atoms. The molecule has 4 nitrogen and oxygen atoms in total.